The Morgan fingerprint density at radius 1 is 1.38 bits per heavy atom. The van der Waals surface area contributed by atoms with Gasteiger partial charge in [0.05, 0.1) is 13.2 Å². The molecule has 0 N–H and O–H groups in total. The molecule has 0 spiro atoms. The van der Waals surface area contributed by atoms with E-state index >= 15 is 0 Å². The zero-order valence-corrected chi connectivity index (χ0v) is 8.81. The third-order valence-corrected chi connectivity index (χ3v) is 1.43. The van der Waals surface area contributed by atoms with Crippen molar-refractivity contribution in [2.45, 2.75) is 13.3 Å². The summed E-state index contributed by atoms with van der Waals surface area (Å²) in [4.78, 5) is 10.9. The molecule has 0 bridgehead atoms. The van der Waals surface area contributed by atoms with E-state index in [0.29, 0.717) is 37.6 Å². The monoisotopic (exact) mass is 204 g/mol. The second-order valence-electron chi connectivity index (χ2n) is 2.61. The van der Waals surface area contributed by atoms with Crippen LogP contribution in [0.1, 0.15) is 13.3 Å². The van der Waals surface area contributed by atoms with E-state index in [9.17, 15) is 4.79 Å². The van der Waals surface area contributed by atoms with Gasteiger partial charge < -0.3 is 9.47 Å². The number of hydrogen-bond donors (Lipinski definition) is 1. The van der Waals surface area contributed by atoms with Crippen molar-refractivity contribution in [1.29, 1.82) is 0 Å². The van der Waals surface area contributed by atoms with Crippen molar-refractivity contribution in [3.8, 4) is 0 Å². The molecule has 4 heteroatoms. The number of carbonyl (C=O) groups excluding carboxylic acids is 1. The van der Waals surface area contributed by atoms with E-state index in [1.807, 2.05) is 0 Å². The van der Waals surface area contributed by atoms with Crippen LogP contribution < -0.4 is 0 Å². The highest BCUT2D eigenvalue weighted by atomic mass is 32.1. The Balaban J connectivity index is 3.16. The maximum absolute atomic E-state index is 10.9. The number of hydrogen-bond acceptors (Lipinski definition) is 4. The Bertz CT molecular complexity index is 168. The van der Waals surface area contributed by atoms with E-state index in [1.165, 1.54) is 0 Å². The fraction of sp³-hybridized carbons (Fsp3) is 0.667. The van der Waals surface area contributed by atoms with Crippen molar-refractivity contribution in [3.63, 3.8) is 0 Å². The van der Waals surface area contributed by atoms with Crippen LogP contribution in [0.4, 0.5) is 0 Å². The SMILES string of the molecule is C=C(C)C(=O)OCCCOCCS. The quantitative estimate of drug-likeness (QED) is 0.295. The molecule has 0 rings (SSSR count). The van der Waals surface area contributed by atoms with E-state index in [4.69, 9.17) is 9.47 Å². The number of ether oxygens (including phenoxy) is 2. The molecular weight excluding hydrogens is 188 g/mol. The van der Waals surface area contributed by atoms with Crippen molar-refractivity contribution in [3.05, 3.63) is 12.2 Å². The van der Waals surface area contributed by atoms with Gasteiger partial charge in [-0.2, -0.15) is 12.6 Å². The zero-order chi connectivity index (χ0) is 10.1. The van der Waals surface area contributed by atoms with Gasteiger partial charge in [0, 0.05) is 24.4 Å². The van der Waals surface area contributed by atoms with Crippen molar-refractivity contribution in [2.24, 2.45) is 0 Å². The van der Waals surface area contributed by atoms with Crippen LogP contribution in [0, 0.1) is 0 Å². The topological polar surface area (TPSA) is 35.5 Å². The molecule has 3 nitrogen and oxygen atoms in total. The van der Waals surface area contributed by atoms with Crippen LogP contribution in [0.3, 0.4) is 0 Å². The summed E-state index contributed by atoms with van der Waals surface area (Å²) in [6, 6.07) is 0. The van der Waals surface area contributed by atoms with Crippen molar-refractivity contribution < 1.29 is 14.3 Å². The van der Waals surface area contributed by atoms with Crippen LogP contribution in [0.25, 0.3) is 0 Å². The van der Waals surface area contributed by atoms with Gasteiger partial charge >= 0.3 is 5.97 Å². The molecule has 76 valence electrons. The fourth-order valence-electron chi connectivity index (χ4n) is 0.616. The van der Waals surface area contributed by atoms with Crippen LogP contribution in [-0.4, -0.2) is 31.5 Å². The Hall–Kier alpha value is -0.480. The summed E-state index contributed by atoms with van der Waals surface area (Å²) in [5.41, 5.74) is 0.427. The first-order chi connectivity index (χ1) is 6.18. The van der Waals surface area contributed by atoms with Gasteiger partial charge in [0.2, 0.25) is 0 Å². The Kier molecular flexibility index (Phi) is 7.83. The predicted molar refractivity (Wildman–Crippen MR) is 55.1 cm³/mol. The highest BCUT2D eigenvalue weighted by Crippen LogP contribution is 1.93. The second-order valence-corrected chi connectivity index (χ2v) is 3.05. The van der Waals surface area contributed by atoms with E-state index in [-0.39, 0.29) is 5.97 Å². The van der Waals surface area contributed by atoms with E-state index < -0.39 is 0 Å². The lowest BCUT2D eigenvalue weighted by Crippen LogP contribution is -2.08. The summed E-state index contributed by atoms with van der Waals surface area (Å²) in [6.07, 6.45) is 0.715. The maximum atomic E-state index is 10.9. The lowest BCUT2D eigenvalue weighted by molar-refractivity contribution is -0.139. The van der Waals surface area contributed by atoms with E-state index in [1.54, 1.807) is 6.92 Å². The number of rotatable bonds is 7. The highest BCUT2D eigenvalue weighted by molar-refractivity contribution is 7.80. The van der Waals surface area contributed by atoms with Gasteiger partial charge in [-0.25, -0.2) is 4.79 Å². The number of carbonyl (C=O) groups is 1. The van der Waals surface area contributed by atoms with Gasteiger partial charge in [0.15, 0.2) is 0 Å². The standard InChI is InChI=1S/C9H16O3S/c1-8(2)9(10)12-5-3-4-11-6-7-13/h13H,1,3-7H2,2H3. The third-order valence-electron chi connectivity index (χ3n) is 1.25. The second kappa shape index (κ2) is 8.13. The average molecular weight is 204 g/mol. The average Bonchev–Trinajstić information content (AvgIpc) is 2.10. The summed E-state index contributed by atoms with van der Waals surface area (Å²) in [5, 5.41) is 0. The minimum Gasteiger partial charge on any atom is -0.462 e. The van der Waals surface area contributed by atoms with Crippen LogP contribution in [0.15, 0.2) is 12.2 Å². The summed E-state index contributed by atoms with van der Waals surface area (Å²) >= 11 is 3.98. The van der Waals surface area contributed by atoms with E-state index in [0.717, 1.165) is 0 Å². The summed E-state index contributed by atoms with van der Waals surface area (Å²) in [5.74, 6) is 0.375. The van der Waals surface area contributed by atoms with Crippen LogP contribution in [0.5, 0.6) is 0 Å². The number of esters is 1. The van der Waals surface area contributed by atoms with Crippen LogP contribution >= 0.6 is 12.6 Å². The summed E-state index contributed by atoms with van der Waals surface area (Å²) in [6.45, 7) is 6.72. The first kappa shape index (κ1) is 12.5. The molecule has 0 aliphatic carbocycles. The van der Waals surface area contributed by atoms with Gasteiger partial charge in [-0.3, -0.25) is 0 Å². The molecule has 0 aliphatic heterocycles. The Labute approximate surface area is 84.5 Å². The molecule has 0 heterocycles. The van der Waals surface area contributed by atoms with Gasteiger partial charge in [0.25, 0.3) is 0 Å². The summed E-state index contributed by atoms with van der Waals surface area (Å²) in [7, 11) is 0. The molecule has 0 unspecified atom stereocenters. The minimum atomic E-state index is -0.339. The molecule has 0 saturated carbocycles. The van der Waals surface area contributed by atoms with Crippen molar-refractivity contribution in [2.75, 3.05) is 25.6 Å². The lowest BCUT2D eigenvalue weighted by atomic mass is 10.4. The number of thiol groups is 1. The Morgan fingerprint density at radius 2 is 2.08 bits per heavy atom. The molecule has 0 atom stereocenters. The highest BCUT2D eigenvalue weighted by Gasteiger charge is 2.01. The molecular formula is C9H16O3S. The van der Waals surface area contributed by atoms with Crippen molar-refractivity contribution >= 4 is 18.6 Å². The lowest BCUT2D eigenvalue weighted by Gasteiger charge is -2.04. The van der Waals surface area contributed by atoms with Gasteiger partial charge in [-0.15, -0.1) is 0 Å². The maximum Gasteiger partial charge on any atom is 0.333 e. The Morgan fingerprint density at radius 3 is 2.62 bits per heavy atom. The zero-order valence-electron chi connectivity index (χ0n) is 7.91. The first-order valence-corrected chi connectivity index (χ1v) is 4.83. The smallest absolute Gasteiger partial charge is 0.333 e. The predicted octanol–water partition coefficient (Wildman–Crippen LogP) is 1.44. The largest absolute Gasteiger partial charge is 0.462 e. The van der Waals surface area contributed by atoms with Gasteiger partial charge in [-0.05, 0) is 6.92 Å². The van der Waals surface area contributed by atoms with Gasteiger partial charge in [0.1, 0.15) is 0 Å². The molecule has 0 saturated heterocycles. The van der Waals surface area contributed by atoms with Crippen LogP contribution in [-0.2, 0) is 14.3 Å². The molecule has 13 heavy (non-hydrogen) atoms. The van der Waals surface area contributed by atoms with Crippen molar-refractivity contribution in [1.82, 2.24) is 0 Å². The molecule has 0 fully saturated rings. The van der Waals surface area contributed by atoms with Gasteiger partial charge in [-0.1, -0.05) is 6.58 Å². The van der Waals surface area contributed by atoms with Crippen LogP contribution in [0.2, 0.25) is 0 Å². The minimum absolute atomic E-state index is 0.339. The first-order valence-electron chi connectivity index (χ1n) is 4.19. The molecule has 0 aromatic heterocycles. The molecule has 0 aliphatic rings. The molecule has 0 amide bonds. The molecule has 0 aromatic carbocycles. The fourth-order valence-corrected chi connectivity index (χ4v) is 0.745. The third kappa shape index (κ3) is 7.87. The molecule has 0 radical (unpaired) electrons. The normalized spacial score (nSPS) is 9.69. The van der Waals surface area contributed by atoms with E-state index in [2.05, 4.69) is 19.2 Å². The summed E-state index contributed by atoms with van der Waals surface area (Å²) < 4.78 is 9.98. The molecule has 0 aromatic rings.